The van der Waals surface area contributed by atoms with Crippen molar-refractivity contribution in [2.75, 3.05) is 37.5 Å². The van der Waals surface area contributed by atoms with Gasteiger partial charge in [-0.05, 0) is 17.7 Å². The van der Waals surface area contributed by atoms with Crippen molar-refractivity contribution >= 4 is 59.0 Å². The van der Waals surface area contributed by atoms with Crippen LogP contribution in [0.1, 0.15) is 22.0 Å². The Labute approximate surface area is 210 Å². The number of carbonyl (C=O) groups excluding carboxylic acids is 1. The Balaban J connectivity index is 1.22. The minimum absolute atomic E-state index is 0.0375. The van der Waals surface area contributed by atoms with Crippen LogP contribution in [-0.2, 0) is 4.74 Å². The summed E-state index contributed by atoms with van der Waals surface area (Å²) < 4.78 is 25.3. The SMILES string of the molecule is O=C(c1c(Cl)cc(N[SH](F)N2CC(C3C=NC=N3)C2)cc1Cl)N1CCO[C@@H](c2ccccc2)C1. The van der Waals surface area contributed by atoms with Crippen molar-refractivity contribution in [1.29, 1.82) is 0 Å². The molecule has 5 rings (SSSR count). The van der Waals surface area contributed by atoms with E-state index in [0.717, 1.165) is 5.56 Å². The van der Waals surface area contributed by atoms with E-state index in [1.54, 1.807) is 27.6 Å². The summed E-state index contributed by atoms with van der Waals surface area (Å²) in [6.07, 6.45) is 3.12. The highest BCUT2D eigenvalue weighted by atomic mass is 35.5. The first-order valence-electron chi connectivity index (χ1n) is 11.0. The Bertz CT molecular complexity index is 1080. The largest absolute Gasteiger partial charge is 0.370 e. The van der Waals surface area contributed by atoms with Crippen LogP contribution in [0.2, 0.25) is 10.0 Å². The van der Waals surface area contributed by atoms with E-state index < -0.39 is 11.7 Å². The standard InChI is InChI=1S/C23H24Cl2FN5O2S/c24-18-8-17(29-34(26)31-11-16(12-31)20-10-27-14-28-20)9-19(25)22(18)23(32)30-6-7-33-21(13-30)15-4-2-1-3-5-15/h1-5,8-10,14,16,20-21,29,34H,6-7,11-13H2/t20?,21-/m1/s1. The Morgan fingerprint density at radius 1 is 1.15 bits per heavy atom. The van der Waals surface area contributed by atoms with E-state index in [1.807, 2.05) is 30.3 Å². The Morgan fingerprint density at radius 2 is 1.88 bits per heavy atom. The number of benzene rings is 2. The van der Waals surface area contributed by atoms with Gasteiger partial charge in [-0.1, -0.05) is 53.5 Å². The van der Waals surface area contributed by atoms with Gasteiger partial charge in [-0.2, -0.15) is 3.89 Å². The molecule has 3 aliphatic rings. The lowest BCUT2D eigenvalue weighted by molar-refractivity contribution is -0.0228. The van der Waals surface area contributed by atoms with Gasteiger partial charge in [0, 0.05) is 49.1 Å². The van der Waals surface area contributed by atoms with Crippen molar-refractivity contribution in [2.45, 2.75) is 12.1 Å². The molecule has 0 aromatic heterocycles. The predicted octanol–water partition coefficient (Wildman–Crippen LogP) is 4.75. The van der Waals surface area contributed by atoms with Crippen LogP contribution in [0.3, 0.4) is 0 Å². The molecule has 1 amide bonds. The first kappa shape index (κ1) is 23.6. The maximum atomic E-state index is 14.8. The molecule has 34 heavy (non-hydrogen) atoms. The molecule has 2 aromatic rings. The second kappa shape index (κ2) is 10.2. The summed E-state index contributed by atoms with van der Waals surface area (Å²) in [6.45, 7) is 2.45. The van der Waals surface area contributed by atoms with Gasteiger partial charge in [-0.15, -0.1) is 0 Å². The number of rotatable bonds is 6. The van der Waals surface area contributed by atoms with E-state index in [-0.39, 0.29) is 39.6 Å². The van der Waals surface area contributed by atoms with E-state index in [0.29, 0.717) is 38.5 Å². The minimum atomic E-state index is -2.11. The first-order valence-corrected chi connectivity index (χ1v) is 12.9. The molecule has 2 unspecified atom stereocenters. The molecule has 3 heterocycles. The van der Waals surface area contributed by atoms with Crippen LogP contribution in [0.4, 0.5) is 9.57 Å². The van der Waals surface area contributed by atoms with Gasteiger partial charge in [0.15, 0.2) is 0 Å². The summed E-state index contributed by atoms with van der Waals surface area (Å²) in [5.74, 6) is 0.00289. The number of nitrogens with zero attached hydrogens (tertiary/aromatic N) is 4. The third kappa shape index (κ3) is 4.94. The van der Waals surface area contributed by atoms with E-state index in [4.69, 9.17) is 27.9 Å². The molecule has 0 spiro atoms. The van der Waals surface area contributed by atoms with Gasteiger partial charge in [-0.3, -0.25) is 9.79 Å². The molecule has 0 aliphatic carbocycles. The average molecular weight is 524 g/mol. The van der Waals surface area contributed by atoms with Crippen molar-refractivity contribution in [1.82, 2.24) is 9.21 Å². The molecule has 2 saturated heterocycles. The van der Waals surface area contributed by atoms with Crippen LogP contribution >= 0.6 is 34.9 Å². The topological polar surface area (TPSA) is 69.5 Å². The van der Waals surface area contributed by atoms with Crippen molar-refractivity contribution in [3.05, 3.63) is 63.6 Å². The van der Waals surface area contributed by atoms with E-state index in [1.165, 1.54) is 6.34 Å². The summed E-state index contributed by atoms with van der Waals surface area (Å²) in [6, 6.07) is 12.9. The van der Waals surface area contributed by atoms with E-state index in [9.17, 15) is 8.68 Å². The number of carbonyl (C=O) groups is 1. The smallest absolute Gasteiger partial charge is 0.257 e. The maximum absolute atomic E-state index is 14.8. The van der Waals surface area contributed by atoms with Crippen molar-refractivity contribution in [2.24, 2.45) is 15.9 Å². The van der Waals surface area contributed by atoms with Crippen LogP contribution < -0.4 is 4.72 Å². The van der Waals surface area contributed by atoms with Gasteiger partial charge in [0.2, 0.25) is 0 Å². The molecule has 3 atom stereocenters. The lowest BCUT2D eigenvalue weighted by Gasteiger charge is -2.43. The molecule has 7 nitrogen and oxygen atoms in total. The summed E-state index contributed by atoms with van der Waals surface area (Å²) in [4.78, 5) is 23.2. The summed E-state index contributed by atoms with van der Waals surface area (Å²) in [5, 5.41) is 0.369. The molecule has 11 heteroatoms. The van der Waals surface area contributed by atoms with Crippen LogP contribution in [0.5, 0.6) is 0 Å². The van der Waals surface area contributed by atoms with Crippen molar-refractivity contribution in [3.8, 4) is 0 Å². The van der Waals surface area contributed by atoms with Crippen molar-refractivity contribution in [3.63, 3.8) is 0 Å². The molecule has 180 valence electrons. The third-order valence-corrected chi connectivity index (χ3v) is 8.03. The number of halogens is 3. The predicted molar refractivity (Wildman–Crippen MR) is 137 cm³/mol. The number of morpholine rings is 1. The number of hydrogen-bond donors (Lipinski definition) is 2. The van der Waals surface area contributed by atoms with Gasteiger partial charge in [0.1, 0.15) is 12.4 Å². The molecule has 3 aliphatic heterocycles. The van der Waals surface area contributed by atoms with Crippen LogP contribution in [0, 0.1) is 5.92 Å². The van der Waals surface area contributed by atoms with Crippen molar-refractivity contribution < 1.29 is 13.4 Å². The number of aliphatic imine (C=N–C) groups is 2. The molecule has 2 fully saturated rings. The number of nitrogens with one attached hydrogen (secondary N) is 1. The Kier molecular flexibility index (Phi) is 7.08. The van der Waals surface area contributed by atoms with Gasteiger partial charge >= 0.3 is 0 Å². The molecule has 0 radical (unpaired) electrons. The van der Waals surface area contributed by atoms with Crippen LogP contribution in [0.25, 0.3) is 0 Å². The summed E-state index contributed by atoms with van der Waals surface area (Å²) in [5.41, 5.74) is 1.66. The van der Waals surface area contributed by atoms with E-state index in [2.05, 4.69) is 14.7 Å². The Hall–Kier alpha value is -2.17. The number of ether oxygens (including phenoxy) is 1. The zero-order chi connectivity index (χ0) is 23.7. The quantitative estimate of drug-likeness (QED) is 0.536. The lowest BCUT2D eigenvalue weighted by atomic mass is 9.95. The molecule has 1 N–H and O–H groups in total. The van der Waals surface area contributed by atoms with Gasteiger partial charge in [0.25, 0.3) is 5.91 Å². The summed E-state index contributed by atoms with van der Waals surface area (Å²) >= 11 is 10.8. The van der Waals surface area contributed by atoms with Gasteiger partial charge in [0.05, 0.1) is 34.8 Å². The fourth-order valence-electron chi connectivity index (χ4n) is 4.25. The molecular weight excluding hydrogens is 500 g/mol. The number of amides is 1. The van der Waals surface area contributed by atoms with Gasteiger partial charge < -0.3 is 14.4 Å². The fraction of sp³-hybridized carbons (Fsp3) is 0.348. The van der Waals surface area contributed by atoms with Crippen LogP contribution in [0.15, 0.2) is 52.4 Å². The average Bonchev–Trinajstić information content (AvgIpc) is 3.32. The minimum Gasteiger partial charge on any atom is -0.370 e. The first-order chi connectivity index (χ1) is 16.5. The number of hydrogen-bond acceptors (Lipinski definition) is 6. The summed E-state index contributed by atoms with van der Waals surface area (Å²) in [7, 11) is 0. The molecular formula is C23H24Cl2FN5O2S. The molecule has 0 saturated carbocycles. The number of thiol groups is 1. The molecule has 0 bridgehead atoms. The normalized spacial score (nSPS) is 24.2. The second-order valence-electron chi connectivity index (χ2n) is 8.39. The van der Waals surface area contributed by atoms with Crippen LogP contribution in [-0.4, -0.2) is 66.5 Å². The number of anilines is 1. The second-order valence-corrected chi connectivity index (χ2v) is 10.5. The highest BCUT2D eigenvalue weighted by molar-refractivity contribution is 8.11. The van der Waals surface area contributed by atoms with E-state index >= 15 is 0 Å². The third-order valence-electron chi connectivity index (χ3n) is 6.17. The maximum Gasteiger partial charge on any atom is 0.257 e. The van der Waals surface area contributed by atoms with Gasteiger partial charge in [-0.25, -0.2) is 9.30 Å². The highest BCUT2D eigenvalue weighted by Crippen LogP contribution is 2.42. The monoisotopic (exact) mass is 523 g/mol. The lowest BCUT2D eigenvalue weighted by Crippen LogP contribution is -2.49. The molecule has 2 aromatic carbocycles. The fourth-order valence-corrected chi connectivity index (χ4v) is 6.09. The zero-order valence-electron chi connectivity index (χ0n) is 18.2. The Morgan fingerprint density at radius 3 is 2.56 bits per heavy atom. The highest BCUT2D eigenvalue weighted by Gasteiger charge is 2.36. The zero-order valence-corrected chi connectivity index (χ0v) is 20.6.